The lowest BCUT2D eigenvalue weighted by Gasteiger charge is -2.39. The molecule has 0 unspecified atom stereocenters. The van der Waals surface area contributed by atoms with E-state index >= 15 is 0 Å². The van der Waals surface area contributed by atoms with Crippen molar-refractivity contribution in [3.8, 4) is 0 Å². The van der Waals surface area contributed by atoms with Gasteiger partial charge in [0, 0.05) is 37.6 Å². The first-order chi connectivity index (χ1) is 11.3. The zero-order valence-corrected chi connectivity index (χ0v) is 14.8. The maximum absolute atomic E-state index is 12.9. The van der Waals surface area contributed by atoms with Gasteiger partial charge >= 0.3 is 0 Å². The second-order valence-electron chi connectivity index (χ2n) is 6.44. The highest BCUT2D eigenvalue weighted by molar-refractivity contribution is 7.09. The average molecular weight is 337 g/mol. The quantitative estimate of drug-likeness (QED) is 0.828. The highest BCUT2D eigenvalue weighted by atomic mass is 32.1. The van der Waals surface area contributed by atoms with Crippen LogP contribution in [0.1, 0.15) is 48.1 Å². The van der Waals surface area contributed by atoms with E-state index in [1.54, 1.807) is 11.3 Å². The lowest BCUT2D eigenvalue weighted by Crippen LogP contribution is -2.51. The molecular formula is C17H27N3O2S. The Labute approximate surface area is 142 Å². The van der Waals surface area contributed by atoms with Crippen molar-refractivity contribution in [2.45, 2.75) is 45.1 Å². The van der Waals surface area contributed by atoms with Gasteiger partial charge in [-0.3, -0.25) is 9.69 Å². The zero-order chi connectivity index (χ0) is 16.1. The lowest BCUT2D eigenvalue weighted by atomic mass is 10.0. The Morgan fingerprint density at radius 2 is 2.17 bits per heavy atom. The maximum atomic E-state index is 12.9. The summed E-state index contributed by atoms with van der Waals surface area (Å²) in [6, 6.07) is 0.325. The highest BCUT2D eigenvalue weighted by Gasteiger charge is 2.30. The normalized spacial score (nSPS) is 23.2. The number of rotatable bonds is 5. The lowest BCUT2D eigenvalue weighted by molar-refractivity contribution is 0.0165. The number of amides is 1. The molecule has 23 heavy (non-hydrogen) atoms. The van der Waals surface area contributed by atoms with Crippen molar-refractivity contribution in [3.05, 3.63) is 16.1 Å². The van der Waals surface area contributed by atoms with Crippen molar-refractivity contribution in [1.29, 1.82) is 0 Å². The molecule has 0 radical (unpaired) electrons. The Hall–Kier alpha value is -0.980. The van der Waals surface area contributed by atoms with E-state index in [9.17, 15) is 4.79 Å². The first kappa shape index (κ1) is 16.9. The van der Waals surface area contributed by atoms with Crippen LogP contribution < -0.4 is 0 Å². The predicted molar refractivity (Wildman–Crippen MR) is 92.0 cm³/mol. The van der Waals surface area contributed by atoms with Crippen LogP contribution >= 0.6 is 11.3 Å². The van der Waals surface area contributed by atoms with Crippen LogP contribution in [0.5, 0.6) is 0 Å². The molecule has 0 bridgehead atoms. The van der Waals surface area contributed by atoms with Gasteiger partial charge < -0.3 is 9.64 Å². The SMILES string of the molecule is CCCc1nc(C(=O)N2CCCC[C@@H]2CN2CCOCC2)cs1. The van der Waals surface area contributed by atoms with E-state index in [2.05, 4.69) is 21.7 Å². The molecule has 1 aromatic heterocycles. The minimum Gasteiger partial charge on any atom is -0.379 e. The monoisotopic (exact) mass is 337 g/mol. The molecule has 2 aliphatic rings. The van der Waals surface area contributed by atoms with Gasteiger partial charge in [-0.15, -0.1) is 11.3 Å². The van der Waals surface area contributed by atoms with Crippen molar-refractivity contribution in [2.75, 3.05) is 39.4 Å². The fourth-order valence-electron chi connectivity index (χ4n) is 3.42. The van der Waals surface area contributed by atoms with Gasteiger partial charge in [-0.25, -0.2) is 4.98 Å². The molecule has 128 valence electrons. The summed E-state index contributed by atoms with van der Waals surface area (Å²) in [6.45, 7) is 7.58. The van der Waals surface area contributed by atoms with Crippen LogP contribution in [-0.4, -0.2) is 66.1 Å². The van der Waals surface area contributed by atoms with Crippen molar-refractivity contribution in [1.82, 2.24) is 14.8 Å². The first-order valence-corrected chi connectivity index (χ1v) is 9.71. The average Bonchev–Trinajstić information content (AvgIpc) is 3.05. The van der Waals surface area contributed by atoms with E-state index in [4.69, 9.17) is 4.74 Å². The maximum Gasteiger partial charge on any atom is 0.273 e. The van der Waals surface area contributed by atoms with Gasteiger partial charge in [0.05, 0.1) is 18.2 Å². The summed E-state index contributed by atoms with van der Waals surface area (Å²) in [5.74, 6) is 0.126. The first-order valence-electron chi connectivity index (χ1n) is 8.83. The molecule has 0 aliphatic carbocycles. The summed E-state index contributed by atoms with van der Waals surface area (Å²) in [5, 5.41) is 3.02. The van der Waals surface area contributed by atoms with E-state index in [0.29, 0.717) is 11.7 Å². The molecule has 0 spiro atoms. The van der Waals surface area contributed by atoms with Gasteiger partial charge in [0.1, 0.15) is 5.69 Å². The van der Waals surface area contributed by atoms with Crippen LogP contribution in [0.3, 0.4) is 0 Å². The Kier molecular flexibility index (Phi) is 6.02. The third-order valence-electron chi connectivity index (χ3n) is 4.70. The summed E-state index contributed by atoms with van der Waals surface area (Å²) in [7, 11) is 0. The molecule has 0 saturated carbocycles. The number of hydrogen-bond acceptors (Lipinski definition) is 5. The molecule has 6 heteroatoms. The fraction of sp³-hybridized carbons (Fsp3) is 0.765. The summed E-state index contributed by atoms with van der Waals surface area (Å²) < 4.78 is 5.43. The molecular weight excluding hydrogens is 310 g/mol. The van der Waals surface area contributed by atoms with Crippen molar-refractivity contribution < 1.29 is 9.53 Å². The van der Waals surface area contributed by atoms with Gasteiger partial charge in [-0.2, -0.15) is 0 Å². The second-order valence-corrected chi connectivity index (χ2v) is 7.38. The number of aromatic nitrogens is 1. The molecule has 1 atom stereocenters. The van der Waals surface area contributed by atoms with Crippen LogP contribution in [0.2, 0.25) is 0 Å². The van der Waals surface area contributed by atoms with Crippen LogP contribution in [0, 0.1) is 0 Å². The number of carbonyl (C=O) groups excluding carboxylic acids is 1. The molecule has 2 aliphatic heterocycles. The second kappa shape index (κ2) is 8.22. The molecule has 2 saturated heterocycles. The third kappa shape index (κ3) is 4.31. The third-order valence-corrected chi connectivity index (χ3v) is 5.60. The number of morpholine rings is 1. The highest BCUT2D eigenvalue weighted by Crippen LogP contribution is 2.22. The van der Waals surface area contributed by atoms with Gasteiger partial charge in [-0.05, 0) is 32.1 Å². The molecule has 0 aromatic carbocycles. The fourth-order valence-corrected chi connectivity index (χ4v) is 4.30. The summed E-state index contributed by atoms with van der Waals surface area (Å²) in [6.07, 6.45) is 5.48. The molecule has 3 heterocycles. The van der Waals surface area contributed by atoms with E-state index in [1.165, 1.54) is 6.42 Å². The molecule has 5 nitrogen and oxygen atoms in total. The number of hydrogen-bond donors (Lipinski definition) is 0. The van der Waals surface area contributed by atoms with Crippen molar-refractivity contribution in [3.63, 3.8) is 0 Å². The number of nitrogens with zero attached hydrogens (tertiary/aromatic N) is 3. The Bertz CT molecular complexity index is 514. The minimum absolute atomic E-state index is 0.126. The number of ether oxygens (including phenoxy) is 1. The largest absolute Gasteiger partial charge is 0.379 e. The minimum atomic E-state index is 0.126. The molecule has 3 rings (SSSR count). The molecule has 2 fully saturated rings. The van der Waals surface area contributed by atoms with Gasteiger partial charge in [0.2, 0.25) is 0 Å². The van der Waals surface area contributed by atoms with E-state index in [-0.39, 0.29) is 5.91 Å². The number of thiazole rings is 1. The van der Waals surface area contributed by atoms with Gasteiger partial charge in [-0.1, -0.05) is 6.92 Å². The standard InChI is InChI=1S/C17H27N3O2S/c1-2-5-16-18-15(13-23-16)17(21)20-7-4-3-6-14(20)12-19-8-10-22-11-9-19/h13-14H,2-12H2,1H3/t14-/m1/s1. The summed E-state index contributed by atoms with van der Waals surface area (Å²) in [5.41, 5.74) is 0.646. The summed E-state index contributed by atoms with van der Waals surface area (Å²) in [4.78, 5) is 22.0. The van der Waals surface area contributed by atoms with Crippen LogP contribution in [0.15, 0.2) is 5.38 Å². The number of likely N-dealkylation sites (tertiary alicyclic amines) is 1. The Morgan fingerprint density at radius 3 is 2.96 bits per heavy atom. The Morgan fingerprint density at radius 1 is 1.35 bits per heavy atom. The number of aryl methyl sites for hydroxylation is 1. The molecule has 0 N–H and O–H groups in total. The smallest absolute Gasteiger partial charge is 0.273 e. The van der Waals surface area contributed by atoms with Crippen LogP contribution in [0.4, 0.5) is 0 Å². The number of piperidine rings is 1. The molecule has 1 aromatic rings. The predicted octanol–water partition coefficient (Wildman–Crippen LogP) is 2.42. The van der Waals surface area contributed by atoms with E-state index in [1.807, 2.05) is 5.38 Å². The zero-order valence-electron chi connectivity index (χ0n) is 14.0. The summed E-state index contributed by atoms with van der Waals surface area (Å²) >= 11 is 1.62. The van der Waals surface area contributed by atoms with E-state index in [0.717, 1.165) is 70.1 Å². The van der Waals surface area contributed by atoms with Gasteiger partial charge in [0.15, 0.2) is 0 Å². The van der Waals surface area contributed by atoms with Crippen LogP contribution in [-0.2, 0) is 11.2 Å². The van der Waals surface area contributed by atoms with E-state index < -0.39 is 0 Å². The topological polar surface area (TPSA) is 45.7 Å². The molecule has 1 amide bonds. The number of carbonyl (C=O) groups is 1. The Balaban J connectivity index is 1.65. The van der Waals surface area contributed by atoms with Gasteiger partial charge in [0.25, 0.3) is 5.91 Å². The van der Waals surface area contributed by atoms with Crippen LogP contribution in [0.25, 0.3) is 0 Å². The van der Waals surface area contributed by atoms with Crippen molar-refractivity contribution >= 4 is 17.2 Å². The van der Waals surface area contributed by atoms with Crippen molar-refractivity contribution in [2.24, 2.45) is 0 Å².